The van der Waals surface area contributed by atoms with E-state index in [1.54, 1.807) is 0 Å². The number of rotatable bonds is 1. The van der Waals surface area contributed by atoms with E-state index in [4.69, 9.17) is 0 Å². The maximum Gasteiger partial charge on any atom is 0.150 e. The zero-order chi connectivity index (χ0) is 11.2. The fourth-order valence-electron chi connectivity index (χ4n) is 2.31. The highest BCUT2D eigenvalue weighted by Gasteiger charge is 2.27. The number of sulfone groups is 1. The minimum atomic E-state index is -2.89. The van der Waals surface area contributed by atoms with Crippen LogP contribution < -0.4 is 0 Å². The van der Waals surface area contributed by atoms with Crippen LogP contribution in [0.5, 0.6) is 0 Å². The van der Waals surface area contributed by atoms with E-state index in [-0.39, 0.29) is 5.25 Å². The number of fused-ring (bicyclic) bond motifs is 1. The van der Waals surface area contributed by atoms with Crippen molar-refractivity contribution in [1.29, 1.82) is 0 Å². The van der Waals surface area contributed by atoms with Gasteiger partial charge in [-0.25, -0.2) is 8.42 Å². The van der Waals surface area contributed by atoms with E-state index in [2.05, 4.69) is 24.5 Å². The van der Waals surface area contributed by atoms with Crippen LogP contribution in [0.15, 0.2) is 6.07 Å². The Hall–Kier alpha value is -0.770. The highest BCUT2D eigenvalue weighted by molar-refractivity contribution is 7.91. The molecule has 0 saturated carbocycles. The molecule has 3 nitrogen and oxygen atoms in total. The summed E-state index contributed by atoms with van der Waals surface area (Å²) in [5.74, 6) is 0. The Morgan fingerprint density at radius 2 is 2.07 bits per heavy atom. The molecule has 0 saturated heterocycles. The van der Waals surface area contributed by atoms with Gasteiger partial charge in [-0.2, -0.15) is 0 Å². The van der Waals surface area contributed by atoms with Crippen molar-refractivity contribution in [3.63, 3.8) is 0 Å². The number of hydrogen-bond donors (Lipinski definition) is 0. The largest absolute Gasteiger partial charge is 0.349 e. The molecule has 0 aromatic carbocycles. The van der Waals surface area contributed by atoms with Gasteiger partial charge in [0.05, 0.1) is 5.25 Å². The summed E-state index contributed by atoms with van der Waals surface area (Å²) in [7, 11) is -2.89. The van der Waals surface area contributed by atoms with E-state index in [0.717, 1.165) is 13.0 Å². The lowest BCUT2D eigenvalue weighted by Gasteiger charge is -2.24. The smallest absolute Gasteiger partial charge is 0.150 e. The zero-order valence-electron chi connectivity index (χ0n) is 9.45. The van der Waals surface area contributed by atoms with Crippen LogP contribution in [-0.2, 0) is 22.8 Å². The molecule has 0 radical (unpaired) electrons. The lowest BCUT2D eigenvalue weighted by atomic mass is 10.1. The summed E-state index contributed by atoms with van der Waals surface area (Å²) in [6.07, 6.45) is 2.77. The first-order valence-electron chi connectivity index (χ1n) is 5.24. The van der Waals surface area contributed by atoms with Crippen molar-refractivity contribution in [2.75, 3.05) is 6.26 Å². The van der Waals surface area contributed by atoms with Crippen molar-refractivity contribution in [3.8, 4) is 0 Å². The van der Waals surface area contributed by atoms with E-state index in [1.165, 1.54) is 23.2 Å². The van der Waals surface area contributed by atoms with Gasteiger partial charge in [0.1, 0.15) is 0 Å². The molecule has 4 heteroatoms. The zero-order valence-corrected chi connectivity index (χ0v) is 10.3. The molecule has 1 unspecified atom stereocenters. The van der Waals surface area contributed by atoms with E-state index in [1.807, 2.05) is 0 Å². The maximum absolute atomic E-state index is 11.5. The first-order chi connectivity index (χ1) is 6.89. The summed E-state index contributed by atoms with van der Waals surface area (Å²) in [5.41, 5.74) is 3.71. The molecule has 0 amide bonds. The van der Waals surface area contributed by atoms with Gasteiger partial charge in [-0.1, -0.05) is 0 Å². The van der Waals surface area contributed by atoms with Gasteiger partial charge in [0.15, 0.2) is 9.84 Å². The van der Waals surface area contributed by atoms with Gasteiger partial charge in [0, 0.05) is 30.6 Å². The molecule has 84 valence electrons. The van der Waals surface area contributed by atoms with Crippen LogP contribution in [0.2, 0.25) is 0 Å². The summed E-state index contributed by atoms with van der Waals surface area (Å²) in [6, 6.07) is 2.12. The maximum atomic E-state index is 11.5. The molecule has 1 aliphatic heterocycles. The predicted octanol–water partition coefficient (Wildman–Crippen LogP) is 1.46. The molecule has 0 aliphatic carbocycles. The minimum Gasteiger partial charge on any atom is -0.349 e. The fourth-order valence-corrected chi connectivity index (χ4v) is 3.32. The quantitative estimate of drug-likeness (QED) is 0.728. The normalized spacial score (nSPS) is 21.4. The molecule has 2 heterocycles. The molecular weight excluding hydrogens is 210 g/mol. The van der Waals surface area contributed by atoms with Crippen molar-refractivity contribution >= 4 is 9.84 Å². The first-order valence-corrected chi connectivity index (χ1v) is 7.19. The third-order valence-corrected chi connectivity index (χ3v) is 5.04. The number of hydrogen-bond acceptors (Lipinski definition) is 2. The SMILES string of the molecule is Cc1cc2n(c1C)CCC(S(C)(=O)=O)C2. The highest BCUT2D eigenvalue weighted by atomic mass is 32.2. The van der Waals surface area contributed by atoms with Crippen molar-refractivity contribution < 1.29 is 8.42 Å². The second-order valence-corrected chi connectivity index (χ2v) is 6.83. The molecule has 1 aliphatic rings. The highest BCUT2D eigenvalue weighted by Crippen LogP contribution is 2.25. The van der Waals surface area contributed by atoms with Crippen molar-refractivity contribution in [2.45, 2.75) is 38.5 Å². The van der Waals surface area contributed by atoms with E-state index < -0.39 is 9.84 Å². The summed E-state index contributed by atoms with van der Waals surface area (Å²) < 4.78 is 25.2. The van der Waals surface area contributed by atoms with Gasteiger partial charge >= 0.3 is 0 Å². The van der Waals surface area contributed by atoms with Gasteiger partial charge in [0.2, 0.25) is 0 Å². The van der Waals surface area contributed by atoms with Crippen molar-refractivity contribution in [1.82, 2.24) is 4.57 Å². The van der Waals surface area contributed by atoms with E-state index in [9.17, 15) is 8.42 Å². The Kier molecular flexibility index (Phi) is 2.41. The van der Waals surface area contributed by atoms with Crippen molar-refractivity contribution in [2.24, 2.45) is 0 Å². The topological polar surface area (TPSA) is 39.1 Å². The van der Waals surface area contributed by atoms with Gasteiger partial charge in [-0.15, -0.1) is 0 Å². The Balaban J connectivity index is 2.36. The van der Waals surface area contributed by atoms with Crippen LogP contribution in [0, 0.1) is 13.8 Å². The number of nitrogens with zero attached hydrogens (tertiary/aromatic N) is 1. The van der Waals surface area contributed by atoms with Gasteiger partial charge < -0.3 is 4.57 Å². The Bertz CT molecular complexity index is 485. The Morgan fingerprint density at radius 1 is 1.40 bits per heavy atom. The van der Waals surface area contributed by atoms with E-state index in [0.29, 0.717) is 6.42 Å². The fraction of sp³-hybridized carbons (Fsp3) is 0.636. The van der Waals surface area contributed by atoms with Crippen LogP contribution in [0.25, 0.3) is 0 Å². The molecule has 15 heavy (non-hydrogen) atoms. The Morgan fingerprint density at radius 3 is 2.67 bits per heavy atom. The molecule has 2 rings (SSSR count). The third kappa shape index (κ3) is 1.83. The second-order valence-electron chi connectivity index (χ2n) is 4.50. The molecule has 0 fully saturated rings. The average molecular weight is 227 g/mol. The summed E-state index contributed by atoms with van der Waals surface area (Å²) in [4.78, 5) is 0. The predicted molar refractivity (Wildman–Crippen MR) is 60.9 cm³/mol. The van der Waals surface area contributed by atoms with Crippen LogP contribution >= 0.6 is 0 Å². The monoisotopic (exact) mass is 227 g/mol. The first kappa shape index (κ1) is 10.7. The lowest BCUT2D eigenvalue weighted by molar-refractivity contribution is 0.503. The standard InChI is InChI=1S/C11H17NO2S/c1-8-6-10-7-11(15(3,13)14)4-5-12(10)9(8)2/h6,11H,4-5,7H2,1-3H3. The second kappa shape index (κ2) is 3.37. The third-order valence-electron chi connectivity index (χ3n) is 3.42. The van der Waals surface area contributed by atoms with Gasteiger partial charge in [-0.3, -0.25) is 0 Å². The molecule has 1 aromatic heterocycles. The van der Waals surface area contributed by atoms with E-state index >= 15 is 0 Å². The number of aryl methyl sites for hydroxylation is 1. The Labute approximate surface area is 91.0 Å². The summed E-state index contributed by atoms with van der Waals surface area (Å²) >= 11 is 0. The molecule has 0 N–H and O–H groups in total. The van der Waals surface area contributed by atoms with Crippen LogP contribution in [0.1, 0.15) is 23.4 Å². The summed E-state index contributed by atoms with van der Waals surface area (Å²) in [5, 5.41) is -0.182. The van der Waals surface area contributed by atoms with Gasteiger partial charge in [0.25, 0.3) is 0 Å². The molecular formula is C11H17NO2S. The summed E-state index contributed by atoms with van der Waals surface area (Å²) in [6.45, 7) is 5.02. The van der Waals surface area contributed by atoms with Crippen LogP contribution in [-0.4, -0.2) is 24.5 Å². The molecule has 0 bridgehead atoms. The van der Waals surface area contributed by atoms with Gasteiger partial charge in [-0.05, 0) is 31.9 Å². The molecule has 1 atom stereocenters. The molecule has 0 spiro atoms. The average Bonchev–Trinajstić information content (AvgIpc) is 2.41. The number of aromatic nitrogens is 1. The van der Waals surface area contributed by atoms with Crippen LogP contribution in [0.4, 0.5) is 0 Å². The molecule has 1 aromatic rings. The lowest BCUT2D eigenvalue weighted by Crippen LogP contribution is -2.30. The van der Waals surface area contributed by atoms with Crippen molar-refractivity contribution in [3.05, 3.63) is 23.0 Å². The van der Waals surface area contributed by atoms with Crippen LogP contribution in [0.3, 0.4) is 0 Å². The minimum absolute atomic E-state index is 0.182.